The van der Waals surface area contributed by atoms with E-state index in [1.54, 1.807) is 36.2 Å². The van der Waals surface area contributed by atoms with Crippen LogP contribution in [0.1, 0.15) is 6.92 Å². The maximum absolute atomic E-state index is 15.0. The van der Waals surface area contributed by atoms with Crippen molar-refractivity contribution in [3.05, 3.63) is 55.0 Å². The number of hydrogen-bond acceptors (Lipinski definition) is 6. The smallest absolute Gasteiger partial charge is 0.414 e. The molecule has 0 saturated carbocycles. The highest BCUT2D eigenvalue weighted by atomic mass is 19.1. The number of cyclic esters (lactones) is 1. The van der Waals surface area contributed by atoms with Crippen molar-refractivity contribution >= 4 is 29.4 Å². The van der Waals surface area contributed by atoms with Crippen LogP contribution in [-0.4, -0.2) is 66.6 Å². The van der Waals surface area contributed by atoms with E-state index in [0.717, 1.165) is 5.82 Å². The molecule has 2 fully saturated rings. The number of carbonyl (C=O) groups excluding carboxylic acids is 3. The number of carbonyl (C=O) groups is 3. The molecule has 1 unspecified atom stereocenters. The van der Waals surface area contributed by atoms with Gasteiger partial charge in [0.1, 0.15) is 17.7 Å². The van der Waals surface area contributed by atoms with Crippen LogP contribution in [0.3, 0.4) is 0 Å². The van der Waals surface area contributed by atoms with Gasteiger partial charge in [-0.25, -0.2) is 14.2 Å². The van der Waals surface area contributed by atoms with Crippen LogP contribution in [0.4, 0.5) is 20.7 Å². The molecule has 2 aromatic rings. The van der Waals surface area contributed by atoms with Crippen molar-refractivity contribution in [3.63, 3.8) is 0 Å². The standard InChI is InChI=1S/C24H26FN5O4/c1-3-22(31)29-10-8-28(9-11-29)21-7-4-16(13-27-21)18-6-5-17(12-19(18)25)30-14-20(34-24(30)33)15(2)23(26)32/h3-7,12-13,15,20H,1,8-11,14H2,2H3,(H2,26,32)/t15-,20?/m0/s1. The van der Waals surface area contributed by atoms with E-state index in [9.17, 15) is 18.8 Å². The Labute approximate surface area is 196 Å². The Kier molecular flexibility index (Phi) is 6.49. The lowest BCUT2D eigenvalue weighted by atomic mass is 10.0. The molecule has 2 N–H and O–H groups in total. The molecular formula is C24H26FN5O4. The Morgan fingerprint density at radius 1 is 1.24 bits per heavy atom. The molecule has 2 atom stereocenters. The normalized spacial score (nSPS) is 19.1. The summed E-state index contributed by atoms with van der Waals surface area (Å²) in [6, 6.07) is 8.08. The number of amides is 3. The first-order valence-electron chi connectivity index (χ1n) is 11.0. The van der Waals surface area contributed by atoms with Gasteiger partial charge in [-0.15, -0.1) is 0 Å². The zero-order valence-corrected chi connectivity index (χ0v) is 18.8. The molecule has 3 amide bonds. The lowest BCUT2D eigenvalue weighted by Crippen LogP contribution is -2.48. The second kappa shape index (κ2) is 9.50. The van der Waals surface area contributed by atoms with Gasteiger partial charge in [0.15, 0.2) is 0 Å². The van der Waals surface area contributed by atoms with Gasteiger partial charge in [-0.1, -0.05) is 6.58 Å². The number of piperazine rings is 1. The Morgan fingerprint density at radius 3 is 2.56 bits per heavy atom. The average Bonchev–Trinajstić information content (AvgIpc) is 3.24. The van der Waals surface area contributed by atoms with Crippen molar-refractivity contribution < 1.29 is 23.5 Å². The van der Waals surface area contributed by atoms with Crippen LogP contribution in [0.2, 0.25) is 0 Å². The zero-order valence-electron chi connectivity index (χ0n) is 18.8. The van der Waals surface area contributed by atoms with Crippen molar-refractivity contribution in [1.29, 1.82) is 0 Å². The molecule has 9 nitrogen and oxygen atoms in total. The number of ether oxygens (including phenoxy) is 1. The summed E-state index contributed by atoms with van der Waals surface area (Å²) in [4.78, 5) is 44.9. The topological polar surface area (TPSA) is 109 Å². The van der Waals surface area contributed by atoms with Crippen LogP contribution in [0, 0.1) is 11.7 Å². The number of benzene rings is 1. The third-order valence-electron chi connectivity index (χ3n) is 6.25. The fraction of sp³-hybridized carbons (Fsp3) is 0.333. The molecule has 1 aromatic carbocycles. The lowest BCUT2D eigenvalue weighted by Gasteiger charge is -2.34. The van der Waals surface area contributed by atoms with E-state index < -0.39 is 29.8 Å². The van der Waals surface area contributed by atoms with Crippen molar-refractivity contribution in [3.8, 4) is 11.1 Å². The SMILES string of the molecule is C=CC(=O)N1CCN(c2ccc(-c3ccc(N4CC([C@H](C)C(N)=O)OC4=O)cc3F)cn2)CC1. The molecular weight excluding hydrogens is 441 g/mol. The maximum atomic E-state index is 15.0. The number of primary amides is 1. The molecule has 2 saturated heterocycles. The quantitative estimate of drug-likeness (QED) is 0.653. The van der Waals surface area contributed by atoms with Crippen LogP contribution in [0.25, 0.3) is 11.1 Å². The van der Waals surface area contributed by atoms with Crippen LogP contribution in [0.15, 0.2) is 49.2 Å². The Bertz CT molecular complexity index is 1110. The van der Waals surface area contributed by atoms with Gasteiger partial charge in [-0.3, -0.25) is 14.5 Å². The van der Waals surface area contributed by atoms with Crippen LogP contribution < -0.4 is 15.5 Å². The number of aromatic nitrogens is 1. The Balaban J connectivity index is 1.44. The minimum Gasteiger partial charge on any atom is -0.443 e. The fourth-order valence-corrected chi connectivity index (χ4v) is 4.06. The van der Waals surface area contributed by atoms with Gasteiger partial charge in [-0.2, -0.15) is 0 Å². The summed E-state index contributed by atoms with van der Waals surface area (Å²) >= 11 is 0. The largest absolute Gasteiger partial charge is 0.443 e. The highest BCUT2D eigenvalue weighted by Gasteiger charge is 2.38. The van der Waals surface area contributed by atoms with Crippen molar-refractivity contribution in [1.82, 2.24) is 9.88 Å². The van der Waals surface area contributed by atoms with Gasteiger partial charge in [0, 0.05) is 43.5 Å². The van der Waals surface area contributed by atoms with E-state index in [-0.39, 0.29) is 12.5 Å². The first-order valence-corrected chi connectivity index (χ1v) is 11.0. The number of anilines is 2. The summed E-state index contributed by atoms with van der Waals surface area (Å²) in [5, 5.41) is 0. The second-order valence-electron chi connectivity index (χ2n) is 8.31. The van der Waals surface area contributed by atoms with E-state index in [2.05, 4.69) is 16.5 Å². The minimum absolute atomic E-state index is 0.0815. The lowest BCUT2D eigenvalue weighted by molar-refractivity contribution is -0.126. The third-order valence-corrected chi connectivity index (χ3v) is 6.25. The van der Waals surface area contributed by atoms with E-state index in [0.29, 0.717) is 43.0 Å². The molecule has 178 valence electrons. The monoisotopic (exact) mass is 467 g/mol. The first kappa shape index (κ1) is 23.2. The van der Waals surface area contributed by atoms with E-state index in [1.165, 1.54) is 17.0 Å². The van der Waals surface area contributed by atoms with Crippen molar-refractivity contribution in [2.45, 2.75) is 13.0 Å². The molecule has 2 aliphatic heterocycles. The van der Waals surface area contributed by atoms with Crippen molar-refractivity contribution in [2.24, 2.45) is 11.7 Å². The molecule has 0 spiro atoms. The summed E-state index contributed by atoms with van der Waals surface area (Å²) in [6.45, 7) is 7.69. The molecule has 2 aliphatic rings. The number of nitrogens with two attached hydrogens (primary N) is 1. The summed E-state index contributed by atoms with van der Waals surface area (Å²) < 4.78 is 20.2. The van der Waals surface area contributed by atoms with Gasteiger partial charge in [0.2, 0.25) is 11.8 Å². The molecule has 4 rings (SSSR count). The predicted molar refractivity (Wildman–Crippen MR) is 125 cm³/mol. The molecule has 3 heterocycles. The highest BCUT2D eigenvalue weighted by molar-refractivity contribution is 5.91. The van der Waals surface area contributed by atoms with E-state index in [1.807, 2.05) is 6.07 Å². The summed E-state index contributed by atoms with van der Waals surface area (Å²) in [6.07, 6.45) is 1.59. The number of rotatable bonds is 6. The predicted octanol–water partition coefficient (Wildman–Crippen LogP) is 2.17. The highest BCUT2D eigenvalue weighted by Crippen LogP contribution is 2.30. The molecule has 10 heteroatoms. The van der Waals surface area contributed by atoms with Crippen LogP contribution in [0.5, 0.6) is 0 Å². The summed E-state index contributed by atoms with van der Waals surface area (Å²) in [5.41, 5.74) is 6.58. The molecule has 0 radical (unpaired) electrons. The third kappa shape index (κ3) is 4.57. The number of pyridine rings is 1. The molecule has 1 aromatic heterocycles. The minimum atomic E-state index is -0.679. The second-order valence-corrected chi connectivity index (χ2v) is 8.31. The number of hydrogen-bond donors (Lipinski definition) is 1. The van der Waals surface area contributed by atoms with Gasteiger partial charge in [0.05, 0.1) is 18.2 Å². The van der Waals surface area contributed by atoms with Gasteiger partial charge >= 0.3 is 6.09 Å². The molecule has 0 aliphatic carbocycles. The zero-order chi connectivity index (χ0) is 24.4. The van der Waals surface area contributed by atoms with Gasteiger partial charge < -0.3 is 20.3 Å². The average molecular weight is 468 g/mol. The van der Waals surface area contributed by atoms with E-state index >= 15 is 0 Å². The van der Waals surface area contributed by atoms with Gasteiger partial charge in [-0.05, 0) is 43.3 Å². The van der Waals surface area contributed by atoms with E-state index in [4.69, 9.17) is 10.5 Å². The fourth-order valence-electron chi connectivity index (χ4n) is 4.06. The number of halogens is 1. The Morgan fingerprint density at radius 2 is 1.97 bits per heavy atom. The van der Waals surface area contributed by atoms with Crippen LogP contribution >= 0.6 is 0 Å². The summed E-state index contributed by atoms with van der Waals surface area (Å²) in [5.74, 6) is -1.05. The van der Waals surface area contributed by atoms with Gasteiger partial charge in [0.25, 0.3) is 0 Å². The van der Waals surface area contributed by atoms with Crippen molar-refractivity contribution in [2.75, 3.05) is 42.5 Å². The number of nitrogens with zero attached hydrogens (tertiary/aromatic N) is 4. The maximum Gasteiger partial charge on any atom is 0.414 e. The first-order chi connectivity index (χ1) is 16.3. The Hall–Kier alpha value is -3.95. The summed E-state index contributed by atoms with van der Waals surface area (Å²) in [7, 11) is 0. The molecule has 0 bridgehead atoms. The molecule has 34 heavy (non-hydrogen) atoms. The van der Waals surface area contributed by atoms with Crippen LogP contribution in [-0.2, 0) is 14.3 Å².